The van der Waals surface area contributed by atoms with Crippen LogP contribution in [0.5, 0.6) is 0 Å². The van der Waals surface area contributed by atoms with Gasteiger partial charge in [0.2, 0.25) is 0 Å². The van der Waals surface area contributed by atoms with Crippen molar-refractivity contribution in [3.05, 3.63) is 178 Å². The van der Waals surface area contributed by atoms with Gasteiger partial charge in [0.15, 0.2) is 0 Å². The maximum Gasteiger partial charge on any atom is 0.0920 e. The summed E-state index contributed by atoms with van der Waals surface area (Å²) in [5.41, 5.74) is 20.0. The smallest absolute Gasteiger partial charge is 0.0920 e. The Balaban J connectivity index is 0.000000176. The summed E-state index contributed by atoms with van der Waals surface area (Å²) < 4.78 is 0. The molecule has 70 heavy (non-hydrogen) atoms. The van der Waals surface area contributed by atoms with Gasteiger partial charge in [0, 0.05) is 0 Å². The fraction of sp³-hybridized carbons (Fsp3) is 0.364. The van der Waals surface area contributed by atoms with Crippen molar-refractivity contribution in [2.75, 3.05) is 0 Å². The normalized spacial score (nSPS) is 12.5. The Bertz CT molecular complexity index is 2800. The molecular formula is C66H77Cl2SiZr-3. The van der Waals surface area contributed by atoms with Crippen molar-refractivity contribution in [2.24, 2.45) is 0 Å². The van der Waals surface area contributed by atoms with Crippen molar-refractivity contribution in [1.82, 2.24) is 0 Å². The van der Waals surface area contributed by atoms with Gasteiger partial charge in [0.1, 0.15) is 0 Å². The van der Waals surface area contributed by atoms with E-state index < -0.39 is 20.8 Å². The molecule has 0 unspecified atom stereocenters. The Morgan fingerprint density at radius 3 is 1.23 bits per heavy atom. The summed E-state index contributed by atoms with van der Waals surface area (Å²) in [6, 6.07) is 51.3. The van der Waals surface area contributed by atoms with Crippen molar-refractivity contribution in [2.45, 2.75) is 158 Å². The average Bonchev–Trinajstić information content (AvgIpc) is 4.02. The van der Waals surface area contributed by atoms with E-state index in [-0.39, 0.29) is 21.7 Å². The van der Waals surface area contributed by atoms with Gasteiger partial charge in [0.05, 0.1) is 9.52 Å². The molecule has 8 aromatic carbocycles. The van der Waals surface area contributed by atoms with Crippen molar-refractivity contribution in [3.8, 4) is 33.4 Å². The molecule has 1 heterocycles. The quantitative estimate of drug-likeness (QED) is 0.122. The van der Waals surface area contributed by atoms with E-state index in [9.17, 15) is 0 Å². The molecule has 0 aliphatic carbocycles. The molecule has 0 saturated heterocycles. The van der Waals surface area contributed by atoms with Crippen LogP contribution in [0, 0.1) is 19.9 Å². The first-order chi connectivity index (χ1) is 32.6. The summed E-state index contributed by atoms with van der Waals surface area (Å²) in [5.74, 6) is 1.10. The number of rotatable bonds is 4. The monoisotopic (exact) mass is 1060 g/mol. The Kier molecular flexibility index (Phi) is 17.6. The maximum absolute atomic E-state index is 4.93. The molecule has 366 valence electrons. The van der Waals surface area contributed by atoms with Crippen LogP contribution in [0.1, 0.15) is 167 Å². The Hall–Kier alpha value is -3.78. The molecule has 8 aromatic rings. The Morgan fingerprint density at radius 1 is 0.486 bits per heavy atom. The molecule has 0 aromatic heterocycles. The minimum Gasteiger partial charge on any atom is -0.184 e. The molecule has 0 nitrogen and oxygen atoms in total. The third-order valence-corrected chi connectivity index (χ3v) is 15.2. The molecule has 1 aliphatic rings. The van der Waals surface area contributed by atoms with Gasteiger partial charge in [-0.25, -0.2) is 0 Å². The molecule has 0 atom stereocenters. The van der Waals surface area contributed by atoms with Crippen LogP contribution in [0.25, 0.3) is 54.9 Å². The van der Waals surface area contributed by atoms with Gasteiger partial charge < -0.3 is 0 Å². The second-order valence-corrected chi connectivity index (χ2v) is 29.2. The fourth-order valence-electron chi connectivity index (χ4n) is 9.26. The third kappa shape index (κ3) is 13.1. The predicted molar refractivity (Wildman–Crippen MR) is 310 cm³/mol. The standard InChI is InChI=1S/2C27H35.C12H7Si.2ClH.Zr/c2*1-17(2)20-12-19-11-10-18(3)25(24(19)15-20)21-13-22(26(4,5)6)16-23(14-21)27(7,8)9;1-3-7-11-9(5-1)10-6-2-4-8-12(10)13-11;;;/h2*10-17H,1-9H3;1-7H;2*1H;/q3*-1;;;+2/p-2. The van der Waals surface area contributed by atoms with Crippen LogP contribution in [0.4, 0.5) is 0 Å². The zero-order valence-electron chi connectivity index (χ0n) is 45.5. The first-order valence-corrected chi connectivity index (χ1v) is 32.5. The molecule has 0 amide bonds. The molecule has 2 radical (unpaired) electrons. The number of hydrogen-bond acceptors (Lipinski definition) is 0. The Morgan fingerprint density at radius 2 is 0.857 bits per heavy atom. The summed E-state index contributed by atoms with van der Waals surface area (Å²) in [7, 11) is 10.7. The molecule has 0 N–H and O–H groups in total. The maximum atomic E-state index is 4.93. The van der Waals surface area contributed by atoms with Crippen LogP contribution in [-0.4, -0.2) is 9.52 Å². The van der Waals surface area contributed by atoms with Crippen LogP contribution < -0.4 is 10.4 Å². The van der Waals surface area contributed by atoms with Gasteiger partial charge in [0.25, 0.3) is 0 Å². The van der Waals surface area contributed by atoms with E-state index >= 15 is 0 Å². The summed E-state index contributed by atoms with van der Waals surface area (Å²) in [6.07, 6.45) is 0. The predicted octanol–water partition coefficient (Wildman–Crippen LogP) is 19.0. The van der Waals surface area contributed by atoms with Crippen molar-refractivity contribution in [3.63, 3.8) is 0 Å². The summed E-state index contributed by atoms with van der Waals surface area (Å²) in [4.78, 5) is 0. The van der Waals surface area contributed by atoms with E-state index in [1.54, 1.807) is 0 Å². The minimum absolute atomic E-state index is 0.132. The average molecular weight is 1060 g/mol. The van der Waals surface area contributed by atoms with E-state index in [0.717, 1.165) is 9.52 Å². The first kappa shape index (κ1) is 55.5. The van der Waals surface area contributed by atoms with Gasteiger partial charge in [-0.15, -0.1) is 74.6 Å². The van der Waals surface area contributed by atoms with Gasteiger partial charge in [-0.1, -0.05) is 204 Å². The van der Waals surface area contributed by atoms with Crippen LogP contribution in [0.15, 0.2) is 127 Å². The molecule has 1 aliphatic heterocycles. The van der Waals surface area contributed by atoms with Crippen LogP contribution in [0.3, 0.4) is 0 Å². The van der Waals surface area contributed by atoms with Gasteiger partial charge >= 0.3 is 37.9 Å². The van der Waals surface area contributed by atoms with Crippen molar-refractivity contribution >= 4 is 58.5 Å². The SMILES string of the molecule is Cc1ccc2[cH-]c(C(C)C)cc2c1-c1cc(C(C)(C)C)cc(C(C)(C)C)c1.Cc1ccc2[cH-]c(C(C)C)cc2c1-c1cc(C(C)(C)C)cc(C(C)(C)C)c1.[Cl][Zr][Cl].[c-]1cccc2c1[Si]c1ccccc1-2. The van der Waals surface area contributed by atoms with Crippen LogP contribution in [0.2, 0.25) is 0 Å². The van der Waals surface area contributed by atoms with Gasteiger partial charge in [-0.05, 0) is 80.7 Å². The zero-order chi connectivity index (χ0) is 51.7. The molecule has 9 rings (SSSR count). The second kappa shape index (κ2) is 22.1. The van der Waals surface area contributed by atoms with E-state index in [0.29, 0.717) is 11.8 Å². The van der Waals surface area contributed by atoms with E-state index in [4.69, 9.17) is 17.0 Å². The number of halogens is 2. The molecule has 0 saturated carbocycles. The summed E-state index contributed by atoms with van der Waals surface area (Å²) >= 11 is -0.826. The van der Waals surface area contributed by atoms with Crippen molar-refractivity contribution in [1.29, 1.82) is 0 Å². The third-order valence-electron chi connectivity index (χ3n) is 13.8. The second-order valence-electron chi connectivity index (χ2n) is 24.2. The molecule has 0 fully saturated rings. The molecule has 0 bridgehead atoms. The molecule has 4 heteroatoms. The summed E-state index contributed by atoms with van der Waals surface area (Å²) in [5, 5.41) is 8.33. The number of aryl methyl sites for hydroxylation is 2. The van der Waals surface area contributed by atoms with Gasteiger partial charge in [-0.2, -0.15) is 41.6 Å². The van der Waals surface area contributed by atoms with Crippen LogP contribution in [-0.2, 0) is 42.5 Å². The number of fused-ring (bicyclic) bond motifs is 5. The van der Waals surface area contributed by atoms with Gasteiger partial charge in [-0.3, -0.25) is 0 Å². The molecular weight excluding hydrogens is 983 g/mol. The van der Waals surface area contributed by atoms with E-state index in [2.05, 4.69) is 252 Å². The Labute approximate surface area is 445 Å². The summed E-state index contributed by atoms with van der Waals surface area (Å²) in [6.45, 7) is 41.3. The number of hydrogen-bond donors (Lipinski definition) is 0. The zero-order valence-corrected chi connectivity index (χ0v) is 50.5. The fourth-order valence-corrected chi connectivity index (χ4v) is 10.6. The van der Waals surface area contributed by atoms with E-state index in [1.165, 1.54) is 110 Å². The van der Waals surface area contributed by atoms with E-state index in [1.807, 2.05) is 6.07 Å². The first-order valence-electron chi connectivity index (χ1n) is 25.2. The largest absolute Gasteiger partial charge is 0.184 e. The minimum atomic E-state index is -0.826. The number of benzene rings is 6. The topological polar surface area (TPSA) is 0 Å². The molecule has 0 spiro atoms. The van der Waals surface area contributed by atoms with Crippen molar-refractivity contribution < 1.29 is 20.8 Å². The van der Waals surface area contributed by atoms with Crippen LogP contribution >= 0.6 is 17.0 Å².